The van der Waals surface area contributed by atoms with Crippen LogP contribution in [0.1, 0.15) is 27.2 Å². The SMILES string of the molecule is CC(C)N1CCC(C2(C)OCC(CO)O2)C1. The Labute approximate surface area is 97.5 Å². The molecule has 2 aliphatic rings. The molecule has 0 amide bonds. The molecular weight excluding hydrogens is 206 g/mol. The summed E-state index contributed by atoms with van der Waals surface area (Å²) in [7, 11) is 0. The molecule has 3 unspecified atom stereocenters. The van der Waals surface area contributed by atoms with Crippen LogP contribution in [0.4, 0.5) is 0 Å². The maximum Gasteiger partial charge on any atom is 0.170 e. The third kappa shape index (κ3) is 2.25. The van der Waals surface area contributed by atoms with Gasteiger partial charge in [-0.25, -0.2) is 0 Å². The molecule has 3 atom stereocenters. The van der Waals surface area contributed by atoms with Crippen molar-refractivity contribution in [2.45, 2.75) is 45.1 Å². The minimum Gasteiger partial charge on any atom is -0.394 e. The van der Waals surface area contributed by atoms with Crippen LogP contribution in [0.5, 0.6) is 0 Å². The third-order valence-corrected chi connectivity index (χ3v) is 3.85. The van der Waals surface area contributed by atoms with Crippen LogP contribution in [-0.2, 0) is 9.47 Å². The second-order valence-corrected chi connectivity index (χ2v) is 5.32. The van der Waals surface area contributed by atoms with Crippen LogP contribution in [0.3, 0.4) is 0 Å². The summed E-state index contributed by atoms with van der Waals surface area (Å²) in [5, 5.41) is 9.07. The van der Waals surface area contributed by atoms with E-state index < -0.39 is 5.79 Å². The van der Waals surface area contributed by atoms with E-state index in [0.29, 0.717) is 18.6 Å². The summed E-state index contributed by atoms with van der Waals surface area (Å²) in [4.78, 5) is 2.45. The van der Waals surface area contributed by atoms with Crippen molar-refractivity contribution in [2.24, 2.45) is 5.92 Å². The van der Waals surface area contributed by atoms with E-state index in [-0.39, 0.29) is 12.7 Å². The smallest absolute Gasteiger partial charge is 0.170 e. The molecule has 94 valence electrons. The quantitative estimate of drug-likeness (QED) is 0.778. The normalized spacial score (nSPS) is 41.1. The third-order valence-electron chi connectivity index (χ3n) is 3.85. The largest absolute Gasteiger partial charge is 0.394 e. The highest BCUT2D eigenvalue weighted by molar-refractivity contribution is 4.89. The molecule has 0 aromatic rings. The lowest BCUT2D eigenvalue weighted by atomic mass is 9.99. The zero-order valence-corrected chi connectivity index (χ0v) is 10.5. The first-order chi connectivity index (χ1) is 7.55. The highest BCUT2D eigenvalue weighted by atomic mass is 16.7. The Morgan fingerprint density at radius 1 is 1.50 bits per heavy atom. The zero-order chi connectivity index (χ0) is 11.8. The number of hydrogen-bond acceptors (Lipinski definition) is 4. The summed E-state index contributed by atoms with van der Waals surface area (Å²) in [6.07, 6.45) is 0.977. The van der Waals surface area contributed by atoms with Gasteiger partial charge in [-0.2, -0.15) is 0 Å². The van der Waals surface area contributed by atoms with E-state index in [1.807, 2.05) is 6.92 Å². The van der Waals surface area contributed by atoms with Crippen LogP contribution >= 0.6 is 0 Å². The minimum atomic E-state index is -0.489. The van der Waals surface area contributed by atoms with Crippen molar-refractivity contribution in [1.82, 2.24) is 4.90 Å². The molecule has 16 heavy (non-hydrogen) atoms. The molecule has 0 bridgehead atoms. The van der Waals surface area contributed by atoms with Gasteiger partial charge in [0.05, 0.1) is 13.2 Å². The van der Waals surface area contributed by atoms with E-state index in [1.165, 1.54) is 0 Å². The van der Waals surface area contributed by atoms with Gasteiger partial charge in [-0.15, -0.1) is 0 Å². The number of hydrogen-bond donors (Lipinski definition) is 1. The molecule has 0 aliphatic carbocycles. The highest BCUT2D eigenvalue weighted by Gasteiger charge is 2.46. The van der Waals surface area contributed by atoms with Crippen LogP contribution in [0.25, 0.3) is 0 Å². The highest BCUT2D eigenvalue weighted by Crippen LogP contribution is 2.36. The Morgan fingerprint density at radius 2 is 2.25 bits per heavy atom. The molecule has 2 aliphatic heterocycles. The van der Waals surface area contributed by atoms with E-state index >= 15 is 0 Å². The minimum absolute atomic E-state index is 0.0518. The molecule has 4 nitrogen and oxygen atoms in total. The Balaban J connectivity index is 1.94. The van der Waals surface area contributed by atoms with Gasteiger partial charge in [0.2, 0.25) is 0 Å². The molecular formula is C12H23NO3. The van der Waals surface area contributed by atoms with E-state index in [0.717, 1.165) is 19.5 Å². The first-order valence-electron chi connectivity index (χ1n) is 6.22. The Bertz CT molecular complexity index is 246. The van der Waals surface area contributed by atoms with Gasteiger partial charge in [0.15, 0.2) is 5.79 Å². The summed E-state index contributed by atoms with van der Waals surface area (Å²) in [6, 6.07) is 0.587. The van der Waals surface area contributed by atoms with E-state index in [4.69, 9.17) is 14.6 Å². The van der Waals surface area contributed by atoms with Crippen molar-refractivity contribution < 1.29 is 14.6 Å². The second-order valence-electron chi connectivity index (χ2n) is 5.32. The van der Waals surface area contributed by atoms with Gasteiger partial charge >= 0.3 is 0 Å². The van der Waals surface area contributed by atoms with E-state index in [2.05, 4.69) is 18.7 Å². The monoisotopic (exact) mass is 229 g/mol. The van der Waals surface area contributed by atoms with Crippen molar-refractivity contribution in [1.29, 1.82) is 0 Å². The fraction of sp³-hybridized carbons (Fsp3) is 1.00. The van der Waals surface area contributed by atoms with Crippen LogP contribution in [0, 0.1) is 5.92 Å². The first kappa shape index (κ1) is 12.3. The Morgan fingerprint density at radius 3 is 2.75 bits per heavy atom. The first-order valence-corrected chi connectivity index (χ1v) is 6.22. The van der Waals surface area contributed by atoms with E-state index in [1.54, 1.807) is 0 Å². The van der Waals surface area contributed by atoms with Gasteiger partial charge in [-0.05, 0) is 33.7 Å². The van der Waals surface area contributed by atoms with Gasteiger partial charge in [0.1, 0.15) is 6.10 Å². The fourth-order valence-corrected chi connectivity index (χ4v) is 2.65. The average Bonchev–Trinajstić information content (AvgIpc) is 2.84. The van der Waals surface area contributed by atoms with Gasteiger partial charge in [-0.3, -0.25) is 0 Å². The number of likely N-dealkylation sites (tertiary alicyclic amines) is 1. The van der Waals surface area contributed by atoms with Crippen molar-refractivity contribution in [3.05, 3.63) is 0 Å². The maximum atomic E-state index is 9.07. The maximum absolute atomic E-state index is 9.07. The van der Waals surface area contributed by atoms with Gasteiger partial charge in [0, 0.05) is 18.5 Å². The lowest BCUT2D eigenvalue weighted by molar-refractivity contribution is -0.191. The predicted octanol–water partition coefficient (Wildman–Crippen LogP) is 0.841. The standard InChI is InChI=1S/C12H23NO3/c1-9(2)13-5-4-10(6-13)12(3)15-8-11(7-14)16-12/h9-11,14H,4-8H2,1-3H3. The Hall–Kier alpha value is -0.160. The van der Waals surface area contributed by atoms with E-state index in [9.17, 15) is 0 Å². The number of ether oxygens (including phenoxy) is 2. The van der Waals surface area contributed by atoms with Crippen molar-refractivity contribution in [3.63, 3.8) is 0 Å². The molecule has 0 spiro atoms. The number of aliphatic hydroxyl groups excluding tert-OH is 1. The lowest BCUT2D eigenvalue weighted by Crippen LogP contribution is -2.39. The summed E-state index contributed by atoms with van der Waals surface area (Å²) in [5.41, 5.74) is 0. The molecule has 0 saturated carbocycles. The average molecular weight is 229 g/mol. The van der Waals surface area contributed by atoms with Gasteiger partial charge < -0.3 is 19.5 Å². The fourth-order valence-electron chi connectivity index (χ4n) is 2.65. The van der Waals surface area contributed by atoms with Crippen molar-refractivity contribution in [3.8, 4) is 0 Å². The van der Waals surface area contributed by atoms with Gasteiger partial charge in [0.25, 0.3) is 0 Å². The summed E-state index contributed by atoms with van der Waals surface area (Å²) in [6.45, 7) is 9.18. The molecule has 2 fully saturated rings. The number of aliphatic hydroxyl groups is 1. The number of nitrogens with zero attached hydrogens (tertiary/aromatic N) is 1. The molecule has 2 rings (SSSR count). The molecule has 2 heterocycles. The van der Waals surface area contributed by atoms with Crippen LogP contribution < -0.4 is 0 Å². The second kappa shape index (κ2) is 4.61. The lowest BCUT2D eigenvalue weighted by Gasteiger charge is -2.30. The molecule has 2 saturated heterocycles. The molecule has 4 heteroatoms. The molecule has 0 radical (unpaired) electrons. The summed E-state index contributed by atoms with van der Waals surface area (Å²) >= 11 is 0. The Kier molecular flexibility index (Phi) is 3.54. The van der Waals surface area contributed by atoms with Crippen molar-refractivity contribution in [2.75, 3.05) is 26.3 Å². The zero-order valence-electron chi connectivity index (χ0n) is 10.5. The molecule has 0 aromatic heterocycles. The van der Waals surface area contributed by atoms with Gasteiger partial charge in [-0.1, -0.05) is 0 Å². The molecule has 0 aromatic carbocycles. The predicted molar refractivity (Wildman–Crippen MR) is 61.1 cm³/mol. The van der Waals surface area contributed by atoms with Crippen LogP contribution in [0.15, 0.2) is 0 Å². The number of rotatable bonds is 3. The summed E-state index contributed by atoms with van der Waals surface area (Å²) < 4.78 is 11.6. The molecule has 1 N–H and O–H groups in total. The van der Waals surface area contributed by atoms with Crippen LogP contribution in [0.2, 0.25) is 0 Å². The van der Waals surface area contributed by atoms with Crippen molar-refractivity contribution >= 4 is 0 Å². The van der Waals surface area contributed by atoms with Crippen LogP contribution in [-0.4, -0.2) is 54.2 Å². The topological polar surface area (TPSA) is 41.9 Å². The summed E-state index contributed by atoms with van der Waals surface area (Å²) in [5.74, 6) is -0.0664.